The molecule has 2 aromatic carbocycles. The minimum atomic E-state index is -0.480. The first-order valence-electron chi connectivity index (χ1n) is 7.70. The molecule has 0 unspecified atom stereocenters. The van der Waals surface area contributed by atoms with Gasteiger partial charge in [-0.25, -0.2) is 9.79 Å². The second-order valence-corrected chi connectivity index (χ2v) is 6.04. The molecule has 0 radical (unpaired) electrons. The molecule has 1 aliphatic heterocycles. The number of cyclic esters (lactones) is 1. The van der Waals surface area contributed by atoms with Crippen LogP contribution in [0.3, 0.4) is 0 Å². The van der Waals surface area contributed by atoms with Crippen LogP contribution >= 0.6 is 15.9 Å². The highest BCUT2D eigenvalue weighted by atomic mass is 79.9. The molecular weight excluding hydrogens is 386 g/mol. The van der Waals surface area contributed by atoms with Crippen LogP contribution in [0.15, 0.2) is 57.6 Å². The SMILES string of the molecule is CCOc1ccc(/C=C2\N=C(c3ccc(OC)cc3Br)OC2=O)cc1. The van der Waals surface area contributed by atoms with Gasteiger partial charge in [-0.05, 0) is 64.8 Å². The van der Waals surface area contributed by atoms with E-state index in [9.17, 15) is 4.79 Å². The van der Waals surface area contributed by atoms with Crippen LogP contribution in [0.25, 0.3) is 6.08 Å². The maximum atomic E-state index is 12.1. The minimum absolute atomic E-state index is 0.252. The molecule has 0 saturated heterocycles. The average molecular weight is 402 g/mol. The number of hydrogen-bond donors (Lipinski definition) is 0. The van der Waals surface area contributed by atoms with Crippen LogP contribution in [0.5, 0.6) is 11.5 Å². The Kier molecular flexibility index (Phi) is 5.19. The van der Waals surface area contributed by atoms with Gasteiger partial charge >= 0.3 is 5.97 Å². The molecule has 0 atom stereocenters. The summed E-state index contributed by atoms with van der Waals surface area (Å²) in [6.45, 7) is 2.54. The predicted molar refractivity (Wildman–Crippen MR) is 98.9 cm³/mol. The lowest BCUT2D eigenvalue weighted by Gasteiger charge is -2.05. The van der Waals surface area contributed by atoms with Crippen molar-refractivity contribution in [1.82, 2.24) is 0 Å². The van der Waals surface area contributed by atoms with Crippen molar-refractivity contribution in [3.05, 3.63) is 63.8 Å². The number of halogens is 1. The Morgan fingerprint density at radius 3 is 2.52 bits per heavy atom. The Hall–Kier alpha value is -2.60. The highest BCUT2D eigenvalue weighted by Crippen LogP contribution is 2.27. The van der Waals surface area contributed by atoms with Crippen molar-refractivity contribution < 1.29 is 19.0 Å². The highest BCUT2D eigenvalue weighted by molar-refractivity contribution is 9.10. The number of carbonyl (C=O) groups excluding carboxylic acids is 1. The second kappa shape index (κ2) is 7.53. The summed E-state index contributed by atoms with van der Waals surface area (Å²) in [5.74, 6) is 1.26. The Balaban J connectivity index is 1.87. The Morgan fingerprint density at radius 1 is 1.16 bits per heavy atom. The van der Waals surface area contributed by atoms with E-state index in [1.165, 1.54) is 0 Å². The van der Waals surface area contributed by atoms with Crippen LogP contribution in [0.4, 0.5) is 0 Å². The number of benzene rings is 2. The van der Waals surface area contributed by atoms with Crippen molar-refractivity contribution in [3.8, 4) is 11.5 Å². The van der Waals surface area contributed by atoms with Gasteiger partial charge in [0, 0.05) is 4.47 Å². The molecule has 0 aromatic heterocycles. The zero-order chi connectivity index (χ0) is 17.8. The van der Waals surface area contributed by atoms with Crippen molar-refractivity contribution in [2.24, 2.45) is 4.99 Å². The third kappa shape index (κ3) is 3.91. The monoisotopic (exact) mass is 401 g/mol. The molecule has 0 bridgehead atoms. The van der Waals surface area contributed by atoms with Gasteiger partial charge < -0.3 is 14.2 Å². The van der Waals surface area contributed by atoms with E-state index in [0.29, 0.717) is 17.9 Å². The first-order valence-corrected chi connectivity index (χ1v) is 8.49. The summed E-state index contributed by atoms with van der Waals surface area (Å²) in [5, 5.41) is 0. The van der Waals surface area contributed by atoms with Crippen molar-refractivity contribution in [2.75, 3.05) is 13.7 Å². The molecule has 1 heterocycles. The van der Waals surface area contributed by atoms with Gasteiger partial charge in [0.15, 0.2) is 5.70 Å². The molecule has 2 aromatic rings. The zero-order valence-corrected chi connectivity index (χ0v) is 15.4. The molecule has 0 N–H and O–H groups in total. The summed E-state index contributed by atoms with van der Waals surface area (Å²) in [5.41, 5.74) is 1.78. The number of ether oxygens (including phenoxy) is 3. The molecule has 0 fully saturated rings. The van der Waals surface area contributed by atoms with Gasteiger partial charge in [0.2, 0.25) is 5.90 Å². The molecule has 0 aliphatic carbocycles. The van der Waals surface area contributed by atoms with Crippen LogP contribution in [-0.2, 0) is 9.53 Å². The van der Waals surface area contributed by atoms with E-state index in [4.69, 9.17) is 14.2 Å². The minimum Gasteiger partial charge on any atom is -0.497 e. The van der Waals surface area contributed by atoms with Crippen molar-refractivity contribution in [2.45, 2.75) is 6.92 Å². The van der Waals surface area contributed by atoms with Gasteiger partial charge in [-0.1, -0.05) is 12.1 Å². The van der Waals surface area contributed by atoms with Crippen molar-refractivity contribution >= 4 is 33.9 Å². The fourth-order valence-electron chi connectivity index (χ4n) is 2.31. The molecule has 25 heavy (non-hydrogen) atoms. The number of methoxy groups -OCH3 is 1. The lowest BCUT2D eigenvalue weighted by Crippen LogP contribution is -2.06. The molecule has 0 saturated carbocycles. The summed E-state index contributed by atoms with van der Waals surface area (Å²) in [6.07, 6.45) is 1.68. The summed E-state index contributed by atoms with van der Waals surface area (Å²) >= 11 is 3.44. The first kappa shape index (κ1) is 17.2. The molecule has 3 rings (SSSR count). The molecule has 5 nitrogen and oxygen atoms in total. The number of carbonyl (C=O) groups is 1. The largest absolute Gasteiger partial charge is 0.497 e. The number of esters is 1. The van der Waals surface area contributed by atoms with Crippen LogP contribution in [0.2, 0.25) is 0 Å². The van der Waals surface area contributed by atoms with E-state index in [1.807, 2.05) is 31.2 Å². The van der Waals surface area contributed by atoms with Gasteiger partial charge in [0.25, 0.3) is 0 Å². The van der Waals surface area contributed by atoms with Gasteiger partial charge in [-0.15, -0.1) is 0 Å². The number of aliphatic imine (C=N–C) groups is 1. The third-order valence-corrected chi connectivity index (χ3v) is 4.18. The van der Waals surface area contributed by atoms with Gasteiger partial charge in [0.05, 0.1) is 19.3 Å². The topological polar surface area (TPSA) is 57.1 Å². The maximum Gasteiger partial charge on any atom is 0.363 e. The number of hydrogen-bond acceptors (Lipinski definition) is 5. The summed E-state index contributed by atoms with van der Waals surface area (Å²) in [6, 6.07) is 12.8. The van der Waals surface area contributed by atoms with E-state index >= 15 is 0 Å². The van der Waals surface area contributed by atoms with E-state index in [0.717, 1.165) is 15.8 Å². The third-order valence-electron chi connectivity index (χ3n) is 3.52. The lowest BCUT2D eigenvalue weighted by molar-refractivity contribution is -0.129. The van der Waals surface area contributed by atoms with E-state index in [2.05, 4.69) is 20.9 Å². The summed E-state index contributed by atoms with van der Waals surface area (Å²) in [7, 11) is 1.59. The van der Waals surface area contributed by atoms with Crippen LogP contribution in [-0.4, -0.2) is 25.6 Å². The fourth-order valence-corrected chi connectivity index (χ4v) is 2.83. The predicted octanol–water partition coefficient (Wildman–Crippen LogP) is 4.20. The van der Waals surface area contributed by atoms with E-state index in [1.54, 1.807) is 31.4 Å². The second-order valence-electron chi connectivity index (χ2n) is 5.18. The maximum absolute atomic E-state index is 12.1. The van der Waals surface area contributed by atoms with Gasteiger partial charge in [-0.3, -0.25) is 0 Å². The average Bonchev–Trinajstić information content (AvgIpc) is 2.97. The normalized spacial score (nSPS) is 15.1. The lowest BCUT2D eigenvalue weighted by atomic mass is 10.2. The standard InChI is InChI=1S/C19H16BrNO4/c1-3-24-13-6-4-12(5-7-13)10-17-19(22)25-18(21-17)15-9-8-14(23-2)11-16(15)20/h4-11H,3H2,1-2H3/b17-10-. The number of rotatable bonds is 5. The van der Waals surface area contributed by atoms with Crippen LogP contribution < -0.4 is 9.47 Å². The quantitative estimate of drug-likeness (QED) is 0.556. The number of nitrogens with zero attached hydrogens (tertiary/aromatic N) is 1. The van der Waals surface area contributed by atoms with Gasteiger partial charge in [-0.2, -0.15) is 0 Å². The van der Waals surface area contributed by atoms with Gasteiger partial charge in [0.1, 0.15) is 11.5 Å². The summed E-state index contributed by atoms with van der Waals surface area (Å²) in [4.78, 5) is 16.4. The first-order chi connectivity index (χ1) is 12.1. The van der Waals surface area contributed by atoms with Crippen molar-refractivity contribution in [3.63, 3.8) is 0 Å². The highest BCUT2D eigenvalue weighted by Gasteiger charge is 2.25. The molecule has 0 spiro atoms. The van der Waals surface area contributed by atoms with Crippen LogP contribution in [0.1, 0.15) is 18.1 Å². The smallest absolute Gasteiger partial charge is 0.363 e. The summed E-state index contributed by atoms with van der Waals surface area (Å²) < 4.78 is 16.6. The molecule has 6 heteroatoms. The fraction of sp³-hybridized carbons (Fsp3) is 0.158. The molecule has 0 amide bonds. The van der Waals surface area contributed by atoms with Crippen LogP contribution in [0, 0.1) is 0 Å². The van der Waals surface area contributed by atoms with Crippen molar-refractivity contribution in [1.29, 1.82) is 0 Å². The van der Waals surface area contributed by atoms with E-state index < -0.39 is 5.97 Å². The Bertz CT molecular complexity index is 856. The Labute approximate surface area is 154 Å². The Morgan fingerprint density at radius 2 is 1.88 bits per heavy atom. The molecule has 128 valence electrons. The molecular formula is C19H16BrNO4. The molecule has 1 aliphatic rings. The van der Waals surface area contributed by atoms with E-state index in [-0.39, 0.29) is 11.6 Å². The zero-order valence-electron chi connectivity index (χ0n) is 13.8.